The Hall–Kier alpha value is -2.26. The summed E-state index contributed by atoms with van der Waals surface area (Å²) in [6.07, 6.45) is -1.08. The number of rotatable bonds is 5. The summed E-state index contributed by atoms with van der Waals surface area (Å²) < 4.78 is 42.8. The minimum absolute atomic E-state index is 0. The van der Waals surface area contributed by atoms with E-state index in [9.17, 15) is 18.0 Å². The summed E-state index contributed by atoms with van der Waals surface area (Å²) >= 11 is 0. The van der Waals surface area contributed by atoms with Gasteiger partial charge in [0, 0.05) is 45.8 Å². The fraction of sp³-hybridized carbons (Fsp3) is 0.444. The first-order valence-electron chi connectivity index (χ1n) is 8.52. The van der Waals surface area contributed by atoms with Gasteiger partial charge in [-0.2, -0.15) is 5.10 Å². The van der Waals surface area contributed by atoms with Crippen LogP contribution in [-0.4, -0.2) is 47.1 Å². The van der Waals surface area contributed by atoms with Crippen LogP contribution in [0.4, 0.5) is 13.2 Å². The quantitative estimate of drug-likeness (QED) is 0.811. The molecule has 2 heterocycles. The number of benzene rings is 1. The Morgan fingerprint density at radius 2 is 2.14 bits per heavy atom. The number of amides is 1. The fourth-order valence-electron chi connectivity index (χ4n) is 3.40. The summed E-state index contributed by atoms with van der Waals surface area (Å²) in [5.74, 6) is -0.574. The van der Waals surface area contributed by atoms with Crippen LogP contribution in [-0.2, 0) is 18.4 Å². The monoisotopic (exact) mass is 418 g/mol. The van der Waals surface area contributed by atoms with Gasteiger partial charge < -0.3 is 15.0 Å². The van der Waals surface area contributed by atoms with Crippen molar-refractivity contribution < 1.29 is 22.7 Å². The zero-order valence-electron chi connectivity index (χ0n) is 15.4. The molecule has 0 unspecified atom stereocenters. The van der Waals surface area contributed by atoms with Gasteiger partial charge in [0.1, 0.15) is 5.75 Å². The maximum Gasteiger partial charge on any atom is 0.573 e. The van der Waals surface area contributed by atoms with Gasteiger partial charge in [0.05, 0.1) is 12.1 Å². The number of hydrogen-bond donors (Lipinski definition) is 1. The Balaban J connectivity index is 0.00000280. The number of carbonyl (C=O) groups excluding carboxylic acids is 1. The van der Waals surface area contributed by atoms with E-state index in [-0.39, 0.29) is 42.4 Å². The molecule has 0 saturated carbocycles. The molecule has 1 fully saturated rings. The zero-order valence-corrected chi connectivity index (χ0v) is 16.3. The van der Waals surface area contributed by atoms with E-state index < -0.39 is 6.36 Å². The van der Waals surface area contributed by atoms with Crippen molar-refractivity contribution in [2.45, 2.75) is 18.8 Å². The molecule has 1 aliphatic heterocycles. The molecule has 0 spiro atoms. The third kappa shape index (κ3) is 5.39. The van der Waals surface area contributed by atoms with E-state index in [1.807, 2.05) is 13.2 Å². The van der Waals surface area contributed by atoms with E-state index in [0.717, 1.165) is 5.56 Å². The Morgan fingerprint density at radius 1 is 1.39 bits per heavy atom. The molecule has 1 aliphatic rings. The molecule has 1 N–H and O–H groups in total. The van der Waals surface area contributed by atoms with E-state index >= 15 is 0 Å². The average Bonchev–Trinajstić information content (AvgIpc) is 3.21. The molecule has 0 aliphatic carbocycles. The van der Waals surface area contributed by atoms with Gasteiger partial charge >= 0.3 is 6.36 Å². The number of nitrogens with zero attached hydrogens (tertiary/aromatic N) is 3. The summed E-state index contributed by atoms with van der Waals surface area (Å²) in [6.45, 7) is 1.44. The molecule has 1 amide bonds. The Bertz CT molecular complexity index is 812. The van der Waals surface area contributed by atoms with Crippen LogP contribution in [0.3, 0.4) is 0 Å². The van der Waals surface area contributed by atoms with Crippen LogP contribution in [0.15, 0.2) is 36.7 Å². The number of halogens is 4. The smallest absolute Gasteiger partial charge is 0.406 e. The summed E-state index contributed by atoms with van der Waals surface area (Å²) in [5.41, 5.74) is 1.56. The lowest BCUT2D eigenvalue weighted by Gasteiger charge is -2.24. The maximum atomic E-state index is 12.9. The highest BCUT2D eigenvalue weighted by Gasteiger charge is 2.36. The lowest BCUT2D eigenvalue weighted by molar-refractivity contribution is -0.274. The third-order valence-electron chi connectivity index (χ3n) is 4.61. The maximum absolute atomic E-state index is 12.9. The standard InChI is InChI=1S/C18H21F3N4O2.ClH/c1-24(10-12-4-3-5-14(6-12)27-18(19,20)21)17(26)16-9-22-8-15(16)13-7-23-25(2)11-13;/h3-7,11,15-16,22H,8-10H2,1-2H3;1H/t15-,16+;/m1./s1. The van der Waals surface area contributed by atoms with Gasteiger partial charge in [0.2, 0.25) is 5.91 Å². The normalized spacial score (nSPS) is 19.2. The van der Waals surface area contributed by atoms with E-state index in [4.69, 9.17) is 0 Å². The lowest BCUT2D eigenvalue weighted by atomic mass is 9.90. The van der Waals surface area contributed by atoms with Gasteiger partial charge in [0.15, 0.2) is 0 Å². The largest absolute Gasteiger partial charge is 0.573 e. The molecule has 10 heteroatoms. The van der Waals surface area contributed by atoms with Gasteiger partial charge in [-0.05, 0) is 23.3 Å². The second-order valence-corrected chi connectivity index (χ2v) is 6.71. The van der Waals surface area contributed by atoms with E-state index in [2.05, 4.69) is 15.2 Å². The minimum atomic E-state index is -4.74. The highest BCUT2D eigenvalue weighted by Crippen LogP contribution is 2.30. The van der Waals surface area contributed by atoms with Crippen LogP contribution in [0.5, 0.6) is 5.75 Å². The second-order valence-electron chi connectivity index (χ2n) is 6.71. The van der Waals surface area contributed by atoms with Gasteiger partial charge in [0.25, 0.3) is 0 Å². The van der Waals surface area contributed by atoms with Gasteiger partial charge in [-0.15, -0.1) is 25.6 Å². The van der Waals surface area contributed by atoms with E-state index in [1.54, 1.807) is 24.0 Å². The average molecular weight is 419 g/mol. The van der Waals surface area contributed by atoms with Crippen molar-refractivity contribution in [3.8, 4) is 5.75 Å². The molecule has 1 saturated heterocycles. The number of alkyl halides is 3. The van der Waals surface area contributed by atoms with Crippen molar-refractivity contribution in [3.05, 3.63) is 47.8 Å². The molecule has 2 aromatic rings. The van der Waals surface area contributed by atoms with E-state index in [0.29, 0.717) is 18.7 Å². The molecule has 0 radical (unpaired) electrons. The van der Waals surface area contributed by atoms with Gasteiger partial charge in [-0.3, -0.25) is 9.48 Å². The fourth-order valence-corrected chi connectivity index (χ4v) is 3.40. The number of nitrogens with one attached hydrogen (secondary N) is 1. The van der Waals surface area contributed by atoms with E-state index in [1.165, 1.54) is 23.1 Å². The van der Waals surface area contributed by atoms with Crippen molar-refractivity contribution in [2.75, 3.05) is 20.1 Å². The second kappa shape index (κ2) is 8.83. The molecule has 6 nitrogen and oxygen atoms in total. The van der Waals surface area contributed by atoms with Gasteiger partial charge in [-0.25, -0.2) is 0 Å². The molecule has 1 aromatic carbocycles. The topological polar surface area (TPSA) is 59.4 Å². The summed E-state index contributed by atoms with van der Waals surface area (Å²) in [4.78, 5) is 14.4. The van der Waals surface area contributed by atoms with Crippen LogP contribution in [0.2, 0.25) is 0 Å². The van der Waals surface area contributed by atoms with Crippen LogP contribution >= 0.6 is 12.4 Å². The van der Waals surface area contributed by atoms with Crippen molar-refractivity contribution in [3.63, 3.8) is 0 Å². The van der Waals surface area contributed by atoms with Crippen LogP contribution in [0.1, 0.15) is 17.0 Å². The van der Waals surface area contributed by atoms with Crippen LogP contribution in [0, 0.1) is 5.92 Å². The minimum Gasteiger partial charge on any atom is -0.406 e. The first kappa shape index (κ1) is 22.0. The molecule has 1 aromatic heterocycles. The Kier molecular flexibility index (Phi) is 6.95. The first-order chi connectivity index (χ1) is 12.7. The highest BCUT2D eigenvalue weighted by atomic mass is 35.5. The Morgan fingerprint density at radius 3 is 2.79 bits per heavy atom. The molecule has 28 heavy (non-hydrogen) atoms. The van der Waals surface area contributed by atoms with Crippen molar-refractivity contribution in [1.82, 2.24) is 20.0 Å². The SMILES string of the molecule is CN(Cc1cccc(OC(F)(F)F)c1)C(=O)[C@H]1CNC[C@@H]1c1cnn(C)c1.Cl. The predicted molar refractivity (Wildman–Crippen MR) is 99.2 cm³/mol. The number of hydrogen-bond acceptors (Lipinski definition) is 4. The summed E-state index contributed by atoms with van der Waals surface area (Å²) in [7, 11) is 3.48. The number of ether oxygens (including phenoxy) is 1. The lowest BCUT2D eigenvalue weighted by Crippen LogP contribution is -2.35. The number of aromatic nitrogens is 2. The molecule has 0 bridgehead atoms. The summed E-state index contributed by atoms with van der Waals surface area (Å²) in [5, 5.41) is 7.40. The molecular weight excluding hydrogens is 397 g/mol. The molecule has 2 atom stereocenters. The number of aryl methyl sites for hydroxylation is 1. The van der Waals surface area contributed by atoms with Gasteiger partial charge in [-0.1, -0.05) is 12.1 Å². The first-order valence-corrected chi connectivity index (χ1v) is 8.52. The third-order valence-corrected chi connectivity index (χ3v) is 4.61. The zero-order chi connectivity index (χ0) is 19.6. The van der Waals surface area contributed by atoms with Crippen LogP contribution in [0.25, 0.3) is 0 Å². The molecule has 154 valence electrons. The number of carbonyl (C=O) groups is 1. The predicted octanol–water partition coefficient (Wildman–Crippen LogP) is 2.70. The molecular formula is C18H22ClF3N4O2. The van der Waals surface area contributed by atoms with Crippen molar-refractivity contribution in [2.24, 2.45) is 13.0 Å². The van der Waals surface area contributed by atoms with Crippen molar-refractivity contribution in [1.29, 1.82) is 0 Å². The summed E-state index contributed by atoms with van der Waals surface area (Å²) in [6, 6.07) is 5.67. The Labute approximate surface area is 167 Å². The molecule has 3 rings (SSSR count). The van der Waals surface area contributed by atoms with Crippen LogP contribution < -0.4 is 10.1 Å². The highest BCUT2D eigenvalue weighted by molar-refractivity contribution is 5.85. The van der Waals surface area contributed by atoms with Crippen molar-refractivity contribution >= 4 is 18.3 Å².